The van der Waals surface area contributed by atoms with Gasteiger partial charge in [-0.15, -0.1) is 0 Å². The summed E-state index contributed by atoms with van der Waals surface area (Å²) >= 11 is 0. The molecule has 0 saturated heterocycles. The molecule has 0 radical (unpaired) electrons. The summed E-state index contributed by atoms with van der Waals surface area (Å²) in [4.78, 5) is 11.8. The molecule has 0 aromatic carbocycles. The first kappa shape index (κ1) is 13.3. The van der Waals surface area contributed by atoms with Crippen LogP contribution in [0.4, 0.5) is 0 Å². The predicted octanol–water partition coefficient (Wildman–Crippen LogP) is 1.23. The molecule has 0 spiro atoms. The molecular weight excluding hydrogens is 242 g/mol. The molecule has 0 aliphatic rings. The minimum atomic E-state index is -0.121. The van der Waals surface area contributed by atoms with E-state index in [-0.39, 0.29) is 5.91 Å². The van der Waals surface area contributed by atoms with Crippen molar-refractivity contribution in [1.29, 1.82) is 0 Å². The summed E-state index contributed by atoms with van der Waals surface area (Å²) < 4.78 is 3.62. The van der Waals surface area contributed by atoms with Crippen molar-refractivity contribution in [2.45, 2.75) is 33.4 Å². The van der Waals surface area contributed by atoms with Crippen molar-refractivity contribution >= 4 is 5.91 Å². The second-order valence-electron chi connectivity index (χ2n) is 4.45. The number of rotatable bonds is 6. The summed E-state index contributed by atoms with van der Waals surface area (Å²) in [5, 5.41) is 11.2. The number of nitrogens with one attached hydrogen (secondary N) is 1. The minimum absolute atomic E-state index is 0.121. The predicted molar refractivity (Wildman–Crippen MR) is 71.8 cm³/mol. The highest BCUT2D eigenvalue weighted by Crippen LogP contribution is 1.97. The van der Waals surface area contributed by atoms with E-state index in [0.717, 1.165) is 25.1 Å². The van der Waals surface area contributed by atoms with Crippen LogP contribution in [0.1, 0.15) is 29.4 Å². The maximum absolute atomic E-state index is 11.8. The molecule has 0 saturated carbocycles. The summed E-state index contributed by atoms with van der Waals surface area (Å²) in [6, 6.07) is 1.73. The van der Waals surface area contributed by atoms with Crippen LogP contribution >= 0.6 is 0 Å². The zero-order valence-corrected chi connectivity index (χ0v) is 11.3. The molecule has 1 N–H and O–H groups in total. The van der Waals surface area contributed by atoms with Gasteiger partial charge in [-0.05, 0) is 31.9 Å². The van der Waals surface area contributed by atoms with Crippen LogP contribution in [0, 0.1) is 6.92 Å². The molecule has 2 aromatic rings. The lowest BCUT2D eigenvalue weighted by atomic mass is 10.3. The fourth-order valence-electron chi connectivity index (χ4n) is 1.78. The van der Waals surface area contributed by atoms with Crippen molar-refractivity contribution in [3.8, 4) is 0 Å². The summed E-state index contributed by atoms with van der Waals surface area (Å²) in [6.45, 7) is 6.19. The van der Waals surface area contributed by atoms with Gasteiger partial charge in [0.1, 0.15) is 5.69 Å². The quantitative estimate of drug-likeness (QED) is 0.795. The van der Waals surface area contributed by atoms with Gasteiger partial charge >= 0.3 is 0 Å². The van der Waals surface area contributed by atoms with Gasteiger partial charge in [0.15, 0.2) is 0 Å². The van der Waals surface area contributed by atoms with Crippen molar-refractivity contribution in [3.63, 3.8) is 0 Å². The Morgan fingerprint density at radius 1 is 1.42 bits per heavy atom. The van der Waals surface area contributed by atoms with Crippen molar-refractivity contribution in [2.24, 2.45) is 0 Å². The summed E-state index contributed by atoms with van der Waals surface area (Å²) in [6.07, 6.45) is 6.48. The van der Waals surface area contributed by atoms with Crippen LogP contribution in [0.2, 0.25) is 0 Å². The van der Waals surface area contributed by atoms with E-state index in [1.807, 2.05) is 30.9 Å². The van der Waals surface area contributed by atoms with E-state index in [9.17, 15) is 4.79 Å². The van der Waals surface area contributed by atoms with Crippen molar-refractivity contribution in [3.05, 3.63) is 35.9 Å². The second-order valence-corrected chi connectivity index (χ2v) is 4.45. The fourth-order valence-corrected chi connectivity index (χ4v) is 1.78. The molecule has 6 heteroatoms. The Bertz CT molecular complexity index is 543. The third kappa shape index (κ3) is 3.67. The Kier molecular flexibility index (Phi) is 4.33. The Morgan fingerprint density at radius 2 is 2.26 bits per heavy atom. The molecule has 0 atom stereocenters. The molecule has 0 aliphatic carbocycles. The van der Waals surface area contributed by atoms with Crippen molar-refractivity contribution in [1.82, 2.24) is 24.9 Å². The van der Waals surface area contributed by atoms with E-state index in [2.05, 4.69) is 15.5 Å². The SMILES string of the molecule is CCn1ccc(C(=O)NCCCn2cc(C)cn2)n1. The molecular formula is C13H19N5O. The van der Waals surface area contributed by atoms with E-state index >= 15 is 0 Å². The molecule has 2 rings (SSSR count). The van der Waals surface area contributed by atoms with Gasteiger partial charge in [-0.25, -0.2) is 0 Å². The van der Waals surface area contributed by atoms with Gasteiger partial charge in [0.2, 0.25) is 0 Å². The number of aryl methyl sites for hydroxylation is 3. The highest BCUT2D eigenvalue weighted by molar-refractivity contribution is 5.92. The number of carbonyl (C=O) groups is 1. The normalized spacial score (nSPS) is 10.6. The summed E-state index contributed by atoms with van der Waals surface area (Å²) in [5.41, 5.74) is 1.62. The lowest BCUT2D eigenvalue weighted by Gasteiger charge is -2.03. The number of carbonyl (C=O) groups excluding carboxylic acids is 1. The molecule has 0 bridgehead atoms. The van der Waals surface area contributed by atoms with Gasteiger partial charge in [0, 0.05) is 32.0 Å². The summed E-state index contributed by atoms with van der Waals surface area (Å²) in [5.74, 6) is -0.121. The topological polar surface area (TPSA) is 64.7 Å². The first-order valence-corrected chi connectivity index (χ1v) is 6.49. The highest BCUT2D eigenvalue weighted by Gasteiger charge is 2.07. The average Bonchev–Trinajstić information content (AvgIpc) is 3.03. The zero-order valence-electron chi connectivity index (χ0n) is 11.3. The highest BCUT2D eigenvalue weighted by atomic mass is 16.1. The molecule has 0 aliphatic heterocycles. The van der Waals surface area contributed by atoms with Crippen LogP contribution in [0.5, 0.6) is 0 Å². The van der Waals surface area contributed by atoms with Gasteiger partial charge in [-0.1, -0.05) is 0 Å². The number of amides is 1. The van der Waals surface area contributed by atoms with Gasteiger partial charge in [0.25, 0.3) is 5.91 Å². The third-order valence-corrected chi connectivity index (χ3v) is 2.81. The number of hydrogen-bond acceptors (Lipinski definition) is 3. The minimum Gasteiger partial charge on any atom is -0.351 e. The number of hydrogen-bond donors (Lipinski definition) is 1. The molecule has 2 heterocycles. The molecule has 19 heavy (non-hydrogen) atoms. The maximum Gasteiger partial charge on any atom is 0.271 e. The smallest absolute Gasteiger partial charge is 0.271 e. The van der Waals surface area contributed by atoms with E-state index in [1.165, 1.54) is 0 Å². The van der Waals surface area contributed by atoms with Crippen LogP contribution in [0.25, 0.3) is 0 Å². The monoisotopic (exact) mass is 261 g/mol. The average molecular weight is 261 g/mol. The van der Waals surface area contributed by atoms with Crippen molar-refractivity contribution in [2.75, 3.05) is 6.54 Å². The van der Waals surface area contributed by atoms with Crippen molar-refractivity contribution < 1.29 is 4.79 Å². The van der Waals surface area contributed by atoms with Gasteiger partial charge < -0.3 is 5.32 Å². The van der Waals surface area contributed by atoms with Gasteiger partial charge in [-0.2, -0.15) is 10.2 Å². The maximum atomic E-state index is 11.8. The van der Waals surface area contributed by atoms with E-state index in [1.54, 1.807) is 16.9 Å². The van der Waals surface area contributed by atoms with E-state index in [0.29, 0.717) is 12.2 Å². The zero-order chi connectivity index (χ0) is 13.7. The first-order valence-electron chi connectivity index (χ1n) is 6.49. The Hall–Kier alpha value is -2.11. The van der Waals surface area contributed by atoms with E-state index in [4.69, 9.17) is 0 Å². The van der Waals surface area contributed by atoms with Crippen LogP contribution in [0.15, 0.2) is 24.7 Å². The van der Waals surface area contributed by atoms with Gasteiger partial charge in [-0.3, -0.25) is 14.2 Å². The second kappa shape index (κ2) is 6.17. The number of nitrogens with zero attached hydrogens (tertiary/aromatic N) is 4. The molecule has 0 unspecified atom stereocenters. The largest absolute Gasteiger partial charge is 0.351 e. The lowest BCUT2D eigenvalue weighted by molar-refractivity contribution is 0.0947. The third-order valence-electron chi connectivity index (χ3n) is 2.81. The molecule has 6 nitrogen and oxygen atoms in total. The van der Waals surface area contributed by atoms with Gasteiger partial charge in [0.05, 0.1) is 6.20 Å². The Morgan fingerprint density at radius 3 is 2.89 bits per heavy atom. The molecule has 2 aromatic heterocycles. The Labute approximate surface area is 112 Å². The van der Waals surface area contributed by atoms with Crippen LogP contribution in [0.3, 0.4) is 0 Å². The fraction of sp³-hybridized carbons (Fsp3) is 0.462. The number of aromatic nitrogens is 4. The Balaban J connectivity index is 1.72. The van der Waals surface area contributed by atoms with Crippen LogP contribution in [-0.2, 0) is 13.1 Å². The molecule has 102 valence electrons. The lowest BCUT2D eigenvalue weighted by Crippen LogP contribution is -2.25. The van der Waals surface area contributed by atoms with Crippen LogP contribution in [-0.4, -0.2) is 32.0 Å². The molecule has 0 fully saturated rings. The standard InChI is InChI=1S/C13H19N5O/c1-3-17-8-5-12(16-17)13(19)14-6-4-7-18-10-11(2)9-15-18/h5,8-10H,3-4,6-7H2,1-2H3,(H,14,19). The summed E-state index contributed by atoms with van der Waals surface area (Å²) in [7, 11) is 0. The molecule has 1 amide bonds. The van der Waals surface area contributed by atoms with E-state index < -0.39 is 0 Å². The van der Waals surface area contributed by atoms with Crippen LogP contribution < -0.4 is 5.32 Å². The first-order chi connectivity index (χ1) is 9.19.